The number of fused-ring (bicyclic) bond motifs is 2. The average molecular weight is 358 g/mol. The highest BCUT2D eigenvalue weighted by Gasteiger charge is 2.40. The topological polar surface area (TPSA) is 93.9 Å². The summed E-state index contributed by atoms with van der Waals surface area (Å²) >= 11 is 0. The number of aromatic nitrogens is 3. The van der Waals surface area contributed by atoms with Crippen molar-refractivity contribution in [3.8, 4) is 0 Å². The molecule has 0 N–H and O–H groups in total. The van der Waals surface area contributed by atoms with Gasteiger partial charge in [0.25, 0.3) is 18.2 Å². The maximum absolute atomic E-state index is 13.3. The fraction of sp³-hybridized carbons (Fsp3) is 0.0625. The predicted octanol–water partition coefficient (Wildman–Crippen LogP) is 2.03. The van der Waals surface area contributed by atoms with Gasteiger partial charge >= 0.3 is 5.97 Å². The molecular formula is C16H8F2N4O4. The first-order chi connectivity index (χ1) is 12.5. The first kappa shape index (κ1) is 15.8. The molecule has 4 rings (SSSR count). The Bertz CT molecular complexity index is 1040. The number of carbonyl (C=O) groups excluding carboxylic acids is 3. The van der Waals surface area contributed by atoms with Crippen LogP contribution >= 0.6 is 0 Å². The first-order valence-corrected chi connectivity index (χ1v) is 7.29. The van der Waals surface area contributed by atoms with Crippen molar-refractivity contribution in [3.05, 3.63) is 65.4 Å². The zero-order chi connectivity index (χ0) is 18.4. The number of carbonyl (C=O) groups is 3. The molecule has 0 saturated heterocycles. The quantitative estimate of drug-likeness (QED) is 0.665. The lowest BCUT2D eigenvalue weighted by atomic mass is 10.1. The summed E-state index contributed by atoms with van der Waals surface area (Å²) in [5.74, 6) is -3.02. The molecule has 1 aliphatic heterocycles. The van der Waals surface area contributed by atoms with Gasteiger partial charge in [-0.2, -0.15) is 0 Å². The van der Waals surface area contributed by atoms with Crippen molar-refractivity contribution in [2.45, 2.75) is 6.43 Å². The Kier molecular flexibility index (Phi) is 3.46. The van der Waals surface area contributed by atoms with Gasteiger partial charge in [-0.15, -0.1) is 0 Å². The molecule has 3 aromatic rings. The minimum Gasteiger partial charge on any atom is -0.322 e. The molecule has 0 unspecified atom stereocenters. The van der Waals surface area contributed by atoms with Crippen molar-refractivity contribution in [1.29, 1.82) is 0 Å². The second kappa shape index (κ2) is 5.69. The van der Waals surface area contributed by atoms with Crippen molar-refractivity contribution >= 4 is 23.4 Å². The van der Waals surface area contributed by atoms with Gasteiger partial charge in [0.05, 0.1) is 17.3 Å². The lowest BCUT2D eigenvalue weighted by molar-refractivity contribution is -0.0592. The van der Waals surface area contributed by atoms with E-state index in [9.17, 15) is 23.2 Å². The van der Waals surface area contributed by atoms with Crippen LogP contribution in [0.1, 0.15) is 43.3 Å². The molecule has 0 spiro atoms. The average Bonchev–Trinajstić information content (AvgIpc) is 3.14. The van der Waals surface area contributed by atoms with Crippen LogP contribution in [0.3, 0.4) is 0 Å². The normalized spacial score (nSPS) is 13.6. The Morgan fingerprint density at radius 2 is 1.77 bits per heavy atom. The monoisotopic (exact) mass is 358 g/mol. The van der Waals surface area contributed by atoms with E-state index in [-0.39, 0.29) is 21.8 Å². The van der Waals surface area contributed by atoms with E-state index in [2.05, 4.69) is 9.97 Å². The molecular weight excluding hydrogens is 350 g/mol. The lowest BCUT2D eigenvalue weighted by Gasteiger charge is -2.13. The van der Waals surface area contributed by atoms with Crippen molar-refractivity contribution in [2.75, 3.05) is 0 Å². The molecule has 130 valence electrons. The second-order valence-corrected chi connectivity index (χ2v) is 5.28. The number of amides is 2. The Hall–Kier alpha value is -3.69. The number of rotatable bonds is 3. The maximum atomic E-state index is 13.3. The van der Waals surface area contributed by atoms with Gasteiger partial charge in [-0.25, -0.2) is 18.6 Å². The molecule has 0 aliphatic carbocycles. The largest absolute Gasteiger partial charge is 0.382 e. The zero-order valence-corrected chi connectivity index (χ0v) is 12.8. The van der Waals surface area contributed by atoms with E-state index in [0.717, 1.165) is 4.40 Å². The first-order valence-electron chi connectivity index (χ1n) is 7.29. The van der Waals surface area contributed by atoms with Gasteiger partial charge in [0.15, 0.2) is 11.3 Å². The third-order valence-corrected chi connectivity index (χ3v) is 3.79. The fourth-order valence-corrected chi connectivity index (χ4v) is 2.66. The number of nitrogens with zero attached hydrogens (tertiary/aromatic N) is 4. The molecule has 0 radical (unpaired) electrons. The third kappa shape index (κ3) is 2.23. The van der Waals surface area contributed by atoms with Gasteiger partial charge in [-0.05, 0) is 12.1 Å². The van der Waals surface area contributed by atoms with Crippen molar-refractivity contribution in [2.24, 2.45) is 0 Å². The smallest absolute Gasteiger partial charge is 0.322 e. The third-order valence-electron chi connectivity index (χ3n) is 3.79. The molecule has 0 saturated carbocycles. The van der Waals surface area contributed by atoms with Gasteiger partial charge in [-0.3, -0.25) is 19.0 Å². The van der Waals surface area contributed by atoms with Crippen molar-refractivity contribution in [1.82, 2.24) is 19.4 Å². The number of alkyl halides is 2. The van der Waals surface area contributed by atoms with Crippen LogP contribution in [0.15, 0.2) is 42.9 Å². The molecule has 8 nitrogen and oxygen atoms in total. The van der Waals surface area contributed by atoms with Crippen LogP contribution in [0.5, 0.6) is 0 Å². The molecule has 2 aromatic heterocycles. The molecule has 2 amide bonds. The van der Waals surface area contributed by atoms with Crippen molar-refractivity contribution in [3.63, 3.8) is 0 Å². The van der Waals surface area contributed by atoms with Gasteiger partial charge in [0.2, 0.25) is 0 Å². The van der Waals surface area contributed by atoms with E-state index in [1.165, 1.54) is 30.7 Å². The molecule has 0 bridgehead atoms. The minimum atomic E-state index is -3.07. The van der Waals surface area contributed by atoms with Gasteiger partial charge < -0.3 is 4.84 Å². The Balaban J connectivity index is 1.72. The fourth-order valence-electron chi connectivity index (χ4n) is 2.66. The van der Waals surface area contributed by atoms with E-state index in [1.54, 1.807) is 12.1 Å². The van der Waals surface area contributed by atoms with Crippen LogP contribution < -0.4 is 0 Å². The number of hydroxylamine groups is 2. The van der Waals surface area contributed by atoms with Crippen LogP contribution in [0.4, 0.5) is 8.78 Å². The molecule has 1 aliphatic rings. The number of benzene rings is 1. The highest BCUT2D eigenvalue weighted by Crippen LogP contribution is 2.27. The summed E-state index contributed by atoms with van der Waals surface area (Å²) in [5.41, 5.74) is -1.31. The minimum absolute atomic E-state index is 0.00267. The SMILES string of the molecule is O=C(ON1C(=O)c2ccccc2C1=O)c1c(C(F)F)nc2cnccn12. The summed E-state index contributed by atoms with van der Waals surface area (Å²) in [4.78, 5) is 49.2. The standard InChI is InChI=1S/C16H8F2N4O4/c17-13(18)11-12(21-6-5-19-7-10(21)20-11)16(25)26-22-14(23)8-3-1-2-4-9(8)15(22)24/h1-7,13H. The summed E-state index contributed by atoms with van der Waals surface area (Å²) in [6, 6.07) is 5.88. The maximum Gasteiger partial charge on any atom is 0.382 e. The zero-order valence-electron chi connectivity index (χ0n) is 12.8. The van der Waals surface area contributed by atoms with Gasteiger partial charge in [0, 0.05) is 12.4 Å². The van der Waals surface area contributed by atoms with E-state index in [1.807, 2.05) is 0 Å². The highest BCUT2D eigenvalue weighted by molar-refractivity contribution is 6.21. The van der Waals surface area contributed by atoms with E-state index in [4.69, 9.17) is 4.84 Å². The van der Waals surface area contributed by atoms with E-state index in [0.29, 0.717) is 0 Å². The summed E-state index contributed by atoms with van der Waals surface area (Å²) in [6.07, 6.45) is 0.625. The highest BCUT2D eigenvalue weighted by atomic mass is 19.3. The summed E-state index contributed by atoms with van der Waals surface area (Å²) in [7, 11) is 0. The molecule has 0 atom stereocenters. The van der Waals surface area contributed by atoms with Crippen LogP contribution in [-0.2, 0) is 4.84 Å². The van der Waals surface area contributed by atoms with E-state index < -0.39 is 35.6 Å². The molecule has 1 aromatic carbocycles. The lowest BCUT2D eigenvalue weighted by Crippen LogP contribution is -2.33. The van der Waals surface area contributed by atoms with Crippen LogP contribution in [-0.4, -0.2) is 37.2 Å². The Labute approximate surface area is 143 Å². The predicted molar refractivity (Wildman–Crippen MR) is 80.3 cm³/mol. The molecule has 0 fully saturated rings. The number of hydrogen-bond donors (Lipinski definition) is 0. The van der Waals surface area contributed by atoms with Crippen molar-refractivity contribution < 1.29 is 28.0 Å². The number of imidazole rings is 1. The van der Waals surface area contributed by atoms with Crippen LogP contribution in [0.25, 0.3) is 5.65 Å². The van der Waals surface area contributed by atoms with Crippen LogP contribution in [0, 0.1) is 0 Å². The summed E-state index contributed by atoms with van der Waals surface area (Å²) in [6.45, 7) is 0. The van der Waals surface area contributed by atoms with E-state index >= 15 is 0 Å². The van der Waals surface area contributed by atoms with Gasteiger partial charge in [0.1, 0.15) is 5.69 Å². The molecule has 26 heavy (non-hydrogen) atoms. The Morgan fingerprint density at radius 1 is 1.12 bits per heavy atom. The molecule has 10 heteroatoms. The van der Waals surface area contributed by atoms with Crippen LogP contribution in [0.2, 0.25) is 0 Å². The summed E-state index contributed by atoms with van der Waals surface area (Å²) < 4.78 is 27.6. The number of imide groups is 1. The molecule has 3 heterocycles. The summed E-state index contributed by atoms with van der Waals surface area (Å²) in [5, 5.41) is 0.253. The second-order valence-electron chi connectivity index (χ2n) is 5.28. The Morgan fingerprint density at radius 3 is 2.38 bits per heavy atom. The van der Waals surface area contributed by atoms with Gasteiger partial charge in [-0.1, -0.05) is 17.2 Å². The number of hydrogen-bond acceptors (Lipinski definition) is 6. The number of halogens is 2.